The largest absolute Gasteiger partial charge is 0.335 e. The Morgan fingerprint density at radius 2 is 1.63 bits per heavy atom. The summed E-state index contributed by atoms with van der Waals surface area (Å²) in [6.45, 7) is 4.72. The van der Waals surface area contributed by atoms with Gasteiger partial charge in [-0.1, -0.05) is 54.6 Å². The zero-order chi connectivity index (χ0) is 24.8. The number of amides is 3. The number of anilines is 2. The lowest BCUT2D eigenvalue weighted by atomic mass is 9.90. The van der Waals surface area contributed by atoms with E-state index in [0.717, 1.165) is 23.2 Å². The summed E-state index contributed by atoms with van der Waals surface area (Å²) in [5, 5.41) is 2.95. The first-order chi connectivity index (χ1) is 17.0. The number of hydrogen-bond donors (Lipinski definition) is 1. The van der Waals surface area contributed by atoms with Crippen LogP contribution in [0.15, 0.2) is 78.9 Å². The van der Waals surface area contributed by atoms with Crippen LogP contribution in [0.3, 0.4) is 0 Å². The number of rotatable bonds is 7. The standard InChI is InChI=1S/C29H31N3O3/c1-3-31(25-10-5-4-6-11-25)29(35)19-22-13-15-24(16-14-22)30-28(34)20-27-26-12-8-7-9-23(26)17-18-32(27)21(2)33/h4-16,27H,3,17-20H2,1-2H3,(H,30,34). The lowest BCUT2D eigenvalue weighted by Gasteiger charge is -2.36. The van der Waals surface area contributed by atoms with Crippen molar-refractivity contribution in [2.24, 2.45) is 0 Å². The van der Waals surface area contributed by atoms with E-state index < -0.39 is 0 Å². The molecule has 1 unspecified atom stereocenters. The molecule has 1 N–H and O–H groups in total. The number of fused-ring (bicyclic) bond motifs is 1. The van der Waals surface area contributed by atoms with E-state index in [2.05, 4.69) is 11.4 Å². The number of para-hydroxylation sites is 1. The van der Waals surface area contributed by atoms with E-state index in [0.29, 0.717) is 18.8 Å². The Hall–Kier alpha value is -3.93. The molecule has 3 aromatic rings. The number of hydrogen-bond acceptors (Lipinski definition) is 3. The number of nitrogens with one attached hydrogen (secondary N) is 1. The fourth-order valence-corrected chi connectivity index (χ4v) is 4.72. The second-order valence-electron chi connectivity index (χ2n) is 8.78. The normalized spacial score (nSPS) is 14.7. The van der Waals surface area contributed by atoms with E-state index in [-0.39, 0.29) is 36.6 Å². The van der Waals surface area contributed by atoms with Crippen molar-refractivity contribution in [3.8, 4) is 0 Å². The molecule has 180 valence electrons. The summed E-state index contributed by atoms with van der Waals surface area (Å²) >= 11 is 0. The van der Waals surface area contributed by atoms with Gasteiger partial charge in [-0.05, 0) is 54.3 Å². The second-order valence-corrected chi connectivity index (χ2v) is 8.78. The monoisotopic (exact) mass is 469 g/mol. The molecular formula is C29H31N3O3. The van der Waals surface area contributed by atoms with Crippen LogP contribution < -0.4 is 10.2 Å². The summed E-state index contributed by atoms with van der Waals surface area (Å²) in [4.78, 5) is 41.5. The van der Waals surface area contributed by atoms with Crippen molar-refractivity contribution in [1.82, 2.24) is 4.90 Å². The minimum absolute atomic E-state index is 0.0239. The first-order valence-corrected chi connectivity index (χ1v) is 12.1. The molecule has 0 aliphatic carbocycles. The molecule has 0 spiro atoms. The van der Waals surface area contributed by atoms with Gasteiger partial charge in [-0.2, -0.15) is 0 Å². The van der Waals surface area contributed by atoms with E-state index in [1.54, 1.807) is 16.7 Å². The quantitative estimate of drug-likeness (QED) is 0.543. The molecule has 35 heavy (non-hydrogen) atoms. The van der Waals surface area contributed by atoms with E-state index >= 15 is 0 Å². The second kappa shape index (κ2) is 11.0. The van der Waals surface area contributed by atoms with Gasteiger partial charge in [-0.15, -0.1) is 0 Å². The molecule has 0 fully saturated rings. The maximum absolute atomic E-state index is 12.9. The molecular weight excluding hydrogens is 438 g/mol. The minimum Gasteiger partial charge on any atom is -0.335 e. The van der Waals surface area contributed by atoms with Crippen LogP contribution in [0.1, 0.15) is 43.0 Å². The summed E-state index contributed by atoms with van der Waals surface area (Å²) in [6, 6.07) is 24.7. The predicted molar refractivity (Wildman–Crippen MR) is 138 cm³/mol. The maximum atomic E-state index is 12.9. The van der Waals surface area contributed by atoms with Gasteiger partial charge in [0.1, 0.15) is 0 Å². The smallest absolute Gasteiger partial charge is 0.231 e. The van der Waals surface area contributed by atoms with E-state index in [9.17, 15) is 14.4 Å². The molecule has 0 saturated heterocycles. The average molecular weight is 470 g/mol. The Bertz CT molecular complexity index is 1190. The molecule has 0 aromatic heterocycles. The summed E-state index contributed by atoms with van der Waals surface area (Å²) < 4.78 is 0. The molecule has 6 heteroatoms. The molecule has 3 amide bonds. The summed E-state index contributed by atoms with van der Waals surface area (Å²) in [6.07, 6.45) is 1.27. The van der Waals surface area contributed by atoms with Gasteiger partial charge < -0.3 is 15.1 Å². The van der Waals surface area contributed by atoms with Crippen molar-refractivity contribution in [2.75, 3.05) is 23.3 Å². The summed E-state index contributed by atoms with van der Waals surface area (Å²) in [7, 11) is 0. The highest BCUT2D eigenvalue weighted by Crippen LogP contribution is 2.32. The van der Waals surface area contributed by atoms with Crippen molar-refractivity contribution in [1.29, 1.82) is 0 Å². The Balaban J connectivity index is 1.39. The third-order valence-electron chi connectivity index (χ3n) is 6.47. The van der Waals surface area contributed by atoms with Crippen LogP contribution in [0.4, 0.5) is 11.4 Å². The summed E-state index contributed by atoms with van der Waals surface area (Å²) in [5.74, 6) is -0.151. The predicted octanol–water partition coefficient (Wildman–Crippen LogP) is 4.76. The Morgan fingerprint density at radius 1 is 0.943 bits per heavy atom. The number of carbonyl (C=O) groups is 3. The first kappa shape index (κ1) is 24.2. The van der Waals surface area contributed by atoms with Crippen LogP contribution in [0.25, 0.3) is 0 Å². The van der Waals surface area contributed by atoms with Crippen molar-refractivity contribution in [2.45, 2.75) is 39.2 Å². The molecule has 4 rings (SSSR count). The summed E-state index contributed by atoms with van der Waals surface area (Å²) in [5.41, 5.74) is 4.66. The molecule has 0 bridgehead atoms. The molecule has 1 atom stereocenters. The minimum atomic E-state index is -0.271. The number of nitrogens with zero attached hydrogens (tertiary/aromatic N) is 2. The van der Waals surface area contributed by atoms with Crippen LogP contribution in [-0.4, -0.2) is 35.7 Å². The Kier molecular flexibility index (Phi) is 7.60. The molecule has 1 heterocycles. The molecule has 6 nitrogen and oxygen atoms in total. The fraction of sp³-hybridized carbons (Fsp3) is 0.276. The van der Waals surface area contributed by atoms with Gasteiger partial charge in [0.05, 0.1) is 18.9 Å². The third-order valence-corrected chi connectivity index (χ3v) is 6.47. The van der Waals surface area contributed by atoms with Crippen LogP contribution in [0.2, 0.25) is 0 Å². The van der Waals surface area contributed by atoms with E-state index in [4.69, 9.17) is 0 Å². The maximum Gasteiger partial charge on any atom is 0.231 e. The average Bonchev–Trinajstić information content (AvgIpc) is 2.86. The number of carbonyl (C=O) groups excluding carboxylic acids is 3. The Labute approximate surface area is 206 Å². The lowest BCUT2D eigenvalue weighted by molar-refractivity contribution is -0.132. The number of likely N-dealkylation sites (N-methyl/N-ethyl adjacent to an activating group) is 1. The highest BCUT2D eigenvalue weighted by atomic mass is 16.2. The highest BCUT2D eigenvalue weighted by Gasteiger charge is 2.30. The topological polar surface area (TPSA) is 69.7 Å². The van der Waals surface area contributed by atoms with Gasteiger partial charge in [0.15, 0.2) is 0 Å². The van der Waals surface area contributed by atoms with Crippen LogP contribution in [0.5, 0.6) is 0 Å². The highest BCUT2D eigenvalue weighted by molar-refractivity contribution is 5.95. The van der Waals surface area contributed by atoms with Gasteiger partial charge in [-0.3, -0.25) is 14.4 Å². The molecule has 0 radical (unpaired) electrons. The van der Waals surface area contributed by atoms with Crippen molar-refractivity contribution >= 4 is 29.1 Å². The van der Waals surface area contributed by atoms with Crippen LogP contribution in [-0.2, 0) is 27.2 Å². The fourth-order valence-electron chi connectivity index (χ4n) is 4.72. The lowest BCUT2D eigenvalue weighted by Crippen LogP contribution is -2.40. The molecule has 1 aliphatic heterocycles. The molecule has 0 saturated carbocycles. The van der Waals surface area contributed by atoms with Crippen LogP contribution in [0, 0.1) is 0 Å². The van der Waals surface area contributed by atoms with Crippen molar-refractivity contribution in [3.05, 3.63) is 95.6 Å². The van der Waals surface area contributed by atoms with Crippen molar-refractivity contribution < 1.29 is 14.4 Å². The first-order valence-electron chi connectivity index (χ1n) is 12.1. The van der Waals surface area contributed by atoms with Gasteiger partial charge >= 0.3 is 0 Å². The Morgan fingerprint density at radius 3 is 2.31 bits per heavy atom. The van der Waals surface area contributed by atoms with Gasteiger partial charge in [0, 0.05) is 31.4 Å². The molecule has 1 aliphatic rings. The van der Waals surface area contributed by atoms with Crippen molar-refractivity contribution in [3.63, 3.8) is 0 Å². The van der Waals surface area contributed by atoms with E-state index in [1.807, 2.05) is 79.7 Å². The van der Waals surface area contributed by atoms with Crippen LogP contribution >= 0.6 is 0 Å². The van der Waals surface area contributed by atoms with Gasteiger partial charge in [-0.25, -0.2) is 0 Å². The third kappa shape index (κ3) is 5.77. The number of benzene rings is 3. The zero-order valence-electron chi connectivity index (χ0n) is 20.2. The van der Waals surface area contributed by atoms with Gasteiger partial charge in [0.2, 0.25) is 17.7 Å². The SMILES string of the molecule is CCN(C(=O)Cc1ccc(NC(=O)CC2c3ccccc3CCN2C(C)=O)cc1)c1ccccc1. The van der Waals surface area contributed by atoms with Gasteiger partial charge in [0.25, 0.3) is 0 Å². The molecule has 3 aromatic carbocycles. The van der Waals surface area contributed by atoms with E-state index in [1.165, 1.54) is 5.56 Å². The zero-order valence-corrected chi connectivity index (χ0v) is 20.2.